The molecule has 0 unspecified atom stereocenters. The summed E-state index contributed by atoms with van der Waals surface area (Å²) in [4.78, 5) is 26.6. The lowest BCUT2D eigenvalue weighted by Crippen LogP contribution is -2.25. The minimum atomic E-state index is -0.156. The Hall–Kier alpha value is -2.94. The number of carbonyl (C=O) groups excluding carboxylic acids is 2. The van der Waals surface area contributed by atoms with Crippen LogP contribution in [0, 0.1) is 0 Å². The lowest BCUT2D eigenvalue weighted by Gasteiger charge is -2.16. The topological polar surface area (TPSA) is 37.4 Å². The summed E-state index contributed by atoms with van der Waals surface area (Å²) in [6, 6.07) is 15.3. The predicted molar refractivity (Wildman–Crippen MR) is 106 cm³/mol. The number of Topliss-reactive ketones (excluding diaryl/α,β-unsaturated/α-hetero) is 1. The molecule has 3 rings (SSSR count). The summed E-state index contributed by atoms with van der Waals surface area (Å²) in [7, 11) is 0. The summed E-state index contributed by atoms with van der Waals surface area (Å²) >= 11 is 0. The number of hydrogen-bond donors (Lipinski definition) is 0. The monoisotopic (exact) mass is 345 g/mol. The molecule has 132 valence electrons. The van der Waals surface area contributed by atoms with Crippen LogP contribution in [0.3, 0.4) is 0 Å². The van der Waals surface area contributed by atoms with E-state index in [-0.39, 0.29) is 11.7 Å². The standard InChI is InChI=1S/C23H23NO2/c1-16(2)9-8-12-18-10-4-5-11-19(18)15-22-23(26)20-13-6-7-14-21(20)24(22)17(3)25/h4-7,9-11,13-15H,8,12H2,1-3H3/b22-15-. The van der Waals surface area contributed by atoms with Gasteiger partial charge in [-0.05, 0) is 56.0 Å². The number of rotatable bonds is 4. The first-order chi connectivity index (χ1) is 12.5. The van der Waals surface area contributed by atoms with Crippen LogP contribution in [0.4, 0.5) is 5.69 Å². The van der Waals surface area contributed by atoms with Crippen LogP contribution in [0.25, 0.3) is 6.08 Å². The molecule has 0 atom stereocenters. The molecule has 2 aromatic carbocycles. The maximum atomic E-state index is 12.9. The van der Waals surface area contributed by atoms with E-state index in [1.807, 2.05) is 42.5 Å². The average Bonchev–Trinajstić information content (AvgIpc) is 2.89. The summed E-state index contributed by atoms with van der Waals surface area (Å²) in [5.74, 6) is -0.258. The van der Waals surface area contributed by atoms with Crippen molar-refractivity contribution >= 4 is 23.5 Å². The number of carbonyl (C=O) groups is 2. The number of benzene rings is 2. The van der Waals surface area contributed by atoms with E-state index in [1.165, 1.54) is 23.0 Å². The van der Waals surface area contributed by atoms with Gasteiger partial charge in [0.1, 0.15) is 0 Å². The summed E-state index contributed by atoms with van der Waals surface area (Å²) in [5.41, 5.74) is 5.12. The van der Waals surface area contributed by atoms with Crippen molar-refractivity contribution in [3.8, 4) is 0 Å². The minimum absolute atomic E-state index is 0.102. The highest BCUT2D eigenvalue weighted by Gasteiger charge is 2.34. The smallest absolute Gasteiger partial charge is 0.228 e. The fourth-order valence-corrected chi connectivity index (χ4v) is 3.27. The number of amides is 1. The van der Waals surface area contributed by atoms with E-state index < -0.39 is 0 Å². The van der Waals surface area contributed by atoms with Crippen LogP contribution >= 0.6 is 0 Å². The number of ketones is 1. The second kappa shape index (κ2) is 7.52. The molecule has 0 aromatic heterocycles. The van der Waals surface area contributed by atoms with E-state index in [2.05, 4.69) is 26.0 Å². The molecule has 0 spiro atoms. The van der Waals surface area contributed by atoms with Crippen molar-refractivity contribution in [3.63, 3.8) is 0 Å². The first kappa shape index (κ1) is 17.9. The molecule has 1 aliphatic heterocycles. The Morgan fingerprint density at radius 2 is 1.69 bits per heavy atom. The molecular weight excluding hydrogens is 322 g/mol. The van der Waals surface area contributed by atoms with E-state index in [0.717, 1.165) is 18.4 Å². The van der Waals surface area contributed by atoms with Gasteiger partial charge in [0, 0.05) is 12.5 Å². The first-order valence-electron chi connectivity index (χ1n) is 8.86. The van der Waals surface area contributed by atoms with Crippen LogP contribution in [0.5, 0.6) is 0 Å². The summed E-state index contributed by atoms with van der Waals surface area (Å²) in [5, 5.41) is 0. The largest absolute Gasteiger partial charge is 0.287 e. The molecule has 0 bridgehead atoms. The molecule has 1 aliphatic rings. The molecule has 0 fully saturated rings. The highest BCUT2D eigenvalue weighted by Crippen LogP contribution is 2.35. The molecule has 0 radical (unpaired) electrons. The number of nitrogens with zero attached hydrogens (tertiary/aromatic N) is 1. The lowest BCUT2D eigenvalue weighted by molar-refractivity contribution is -0.116. The molecule has 0 N–H and O–H groups in total. The quantitative estimate of drug-likeness (QED) is 0.566. The summed E-state index contributed by atoms with van der Waals surface area (Å²) in [6.45, 7) is 5.67. The first-order valence-corrected chi connectivity index (χ1v) is 8.86. The number of para-hydroxylation sites is 1. The van der Waals surface area contributed by atoms with Gasteiger partial charge in [0.2, 0.25) is 11.7 Å². The van der Waals surface area contributed by atoms with Crippen molar-refractivity contribution < 1.29 is 9.59 Å². The Morgan fingerprint density at radius 3 is 2.42 bits per heavy atom. The Balaban J connectivity index is 2.01. The van der Waals surface area contributed by atoms with Gasteiger partial charge in [0.15, 0.2) is 0 Å². The maximum absolute atomic E-state index is 12.9. The van der Waals surface area contributed by atoms with Gasteiger partial charge in [-0.1, -0.05) is 48.0 Å². The van der Waals surface area contributed by atoms with Gasteiger partial charge in [-0.2, -0.15) is 0 Å². The van der Waals surface area contributed by atoms with Crippen molar-refractivity contribution in [1.82, 2.24) is 0 Å². The van der Waals surface area contributed by atoms with Gasteiger partial charge in [-0.3, -0.25) is 14.5 Å². The fraction of sp³-hybridized carbons (Fsp3) is 0.217. The third-order valence-corrected chi connectivity index (χ3v) is 4.49. The molecule has 3 nitrogen and oxygen atoms in total. The number of anilines is 1. The van der Waals surface area contributed by atoms with E-state index >= 15 is 0 Å². The third-order valence-electron chi connectivity index (χ3n) is 4.49. The second-order valence-electron chi connectivity index (χ2n) is 6.75. The van der Waals surface area contributed by atoms with Gasteiger partial charge in [0.25, 0.3) is 0 Å². The normalized spacial score (nSPS) is 14.5. The maximum Gasteiger partial charge on any atom is 0.228 e. The zero-order chi connectivity index (χ0) is 18.7. The molecule has 26 heavy (non-hydrogen) atoms. The summed E-state index contributed by atoms with van der Waals surface area (Å²) in [6.07, 6.45) is 5.91. The summed E-state index contributed by atoms with van der Waals surface area (Å²) < 4.78 is 0. The van der Waals surface area contributed by atoms with Crippen molar-refractivity contribution in [2.75, 3.05) is 4.90 Å². The average molecular weight is 345 g/mol. The van der Waals surface area contributed by atoms with Crippen LogP contribution in [-0.2, 0) is 11.2 Å². The molecule has 1 heterocycles. The minimum Gasteiger partial charge on any atom is -0.287 e. The van der Waals surface area contributed by atoms with Gasteiger partial charge in [-0.25, -0.2) is 0 Å². The van der Waals surface area contributed by atoms with Crippen molar-refractivity contribution in [1.29, 1.82) is 0 Å². The molecule has 0 saturated heterocycles. The number of fused-ring (bicyclic) bond motifs is 1. The number of allylic oxidation sites excluding steroid dienone is 3. The van der Waals surface area contributed by atoms with Crippen molar-refractivity contribution in [2.24, 2.45) is 0 Å². The van der Waals surface area contributed by atoms with E-state index in [1.54, 1.807) is 6.07 Å². The van der Waals surface area contributed by atoms with E-state index in [9.17, 15) is 9.59 Å². The predicted octanol–water partition coefficient (Wildman–Crippen LogP) is 5.18. The SMILES string of the molecule is CC(=O)N1/C(=C\c2ccccc2CCC=C(C)C)C(=O)c2ccccc21. The Morgan fingerprint density at radius 1 is 1.00 bits per heavy atom. The second-order valence-corrected chi connectivity index (χ2v) is 6.75. The lowest BCUT2D eigenvalue weighted by atomic mass is 10.0. The number of hydrogen-bond acceptors (Lipinski definition) is 2. The Labute approximate surface area is 154 Å². The molecule has 0 saturated carbocycles. The van der Waals surface area contributed by atoms with Crippen LogP contribution in [-0.4, -0.2) is 11.7 Å². The molecule has 3 heteroatoms. The zero-order valence-corrected chi connectivity index (χ0v) is 15.5. The van der Waals surface area contributed by atoms with Gasteiger partial charge >= 0.3 is 0 Å². The van der Waals surface area contributed by atoms with Crippen LogP contribution < -0.4 is 4.90 Å². The van der Waals surface area contributed by atoms with E-state index in [0.29, 0.717) is 16.9 Å². The Bertz CT molecular complexity index is 917. The Kier molecular flexibility index (Phi) is 5.17. The van der Waals surface area contributed by atoms with Crippen LogP contribution in [0.1, 0.15) is 48.7 Å². The molecule has 0 aliphatic carbocycles. The highest BCUT2D eigenvalue weighted by molar-refractivity contribution is 6.26. The van der Waals surface area contributed by atoms with E-state index in [4.69, 9.17) is 0 Å². The van der Waals surface area contributed by atoms with Crippen LogP contribution in [0.15, 0.2) is 65.9 Å². The van der Waals surface area contributed by atoms with Crippen molar-refractivity contribution in [3.05, 3.63) is 82.6 Å². The van der Waals surface area contributed by atoms with Crippen LogP contribution in [0.2, 0.25) is 0 Å². The molecule has 1 amide bonds. The van der Waals surface area contributed by atoms with Crippen molar-refractivity contribution in [2.45, 2.75) is 33.6 Å². The number of aryl methyl sites for hydroxylation is 1. The fourth-order valence-electron chi connectivity index (χ4n) is 3.27. The zero-order valence-electron chi connectivity index (χ0n) is 15.5. The highest BCUT2D eigenvalue weighted by atomic mass is 16.2. The van der Waals surface area contributed by atoms with Gasteiger partial charge in [0.05, 0.1) is 11.4 Å². The third kappa shape index (κ3) is 3.52. The van der Waals surface area contributed by atoms with Gasteiger partial charge < -0.3 is 0 Å². The van der Waals surface area contributed by atoms with Gasteiger partial charge in [-0.15, -0.1) is 0 Å². The molecular formula is C23H23NO2. The molecule has 2 aromatic rings.